The van der Waals surface area contributed by atoms with Gasteiger partial charge in [0.2, 0.25) is 0 Å². The van der Waals surface area contributed by atoms with Crippen LogP contribution in [0.4, 0.5) is 5.13 Å². The van der Waals surface area contributed by atoms with E-state index < -0.39 is 0 Å². The van der Waals surface area contributed by atoms with Crippen molar-refractivity contribution in [1.29, 1.82) is 0 Å². The van der Waals surface area contributed by atoms with Crippen molar-refractivity contribution in [3.63, 3.8) is 0 Å². The molecule has 0 aliphatic carbocycles. The average molecular weight is 375 g/mol. The predicted octanol–water partition coefficient (Wildman–Crippen LogP) is 2.66. The normalized spacial score (nSPS) is 15.6. The quantitative estimate of drug-likeness (QED) is 0.841. The summed E-state index contributed by atoms with van der Waals surface area (Å²) in [4.78, 5) is 20.1. The Morgan fingerprint density at radius 2 is 2.12 bits per heavy atom. The number of morpholine rings is 1. The highest BCUT2D eigenvalue weighted by atomic mass is 32.1. The van der Waals surface area contributed by atoms with Crippen molar-refractivity contribution in [3.05, 3.63) is 40.4 Å². The number of hydrogen-bond donors (Lipinski definition) is 1. The fraction of sp³-hybridized carbons (Fsp3) is 0.474. The monoisotopic (exact) mass is 375 g/mol. The summed E-state index contributed by atoms with van der Waals surface area (Å²) in [7, 11) is 1.66. The number of rotatable bonds is 6. The van der Waals surface area contributed by atoms with Crippen molar-refractivity contribution in [2.24, 2.45) is 0 Å². The maximum Gasteiger partial charge on any atom is 0.263 e. The topological polar surface area (TPSA) is 63.7 Å². The minimum atomic E-state index is -0.0677. The molecule has 1 aliphatic heterocycles. The number of aromatic nitrogens is 1. The van der Waals surface area contributed by atoms with Gasteiger partial charge in [-0.2, -0.15) is 0 Å². The first-order valence-corrected chi connectivity index (χ1v) is 9.63. The fourth-order valence-electron chi connectivity index (χ4n) is 3.02. The van der Waals surface area contributed by atoms with Gasteiger partial charge in [-0.05, 0) is 31.9 Å². The van der Waals surface area contributed by atoms with Gasteiger partial charge in [0.05, 0.1) is 26.0 Å². The molecular weight excluding hydrogens is 350 g/mol. The van der Waals surface area contributed by atoms with Crippen LogP contribution < -0.4 is 15.0 Å². The number of carbonyl (C=O) groups excluding carboxylic acids is 1. The maximum absolute atomic E-state index is 12.7. The molecule has 6 nitrogen and oxygen atoms in total. The van der Waals surface area contributed by atoms with Crippen LogP contribution in [0.3, 0.4) is 0 Å². The number of benzene rings is 1. The van der Waals surface area contributed by atoms with Gasteiger partial charge < -0.3 is 19.7 Å². The van der Waals surface area contributed by atoms with Gasteiger partial charge >= 0.3 is 0 Å². The molecule has 1 saturated heterocycles. The third-order valence-corrected chi connectivity index (χ3v) is 5.59. The lowest BCUT2D eigenvalue weighted by Gasteiger charge is -2.26. The van der Waals surface area contributed by atoms with Gasteiger partial charge in [0.25, 0.3) is 5.91 Å². The number of nitrogens with zero attached hydrogens (tertiary/aromatic N) is 2. The Hall–Kier alpha value is -2.12. The highest BCUT2D eigenvalue weighted by molar-refractivity contribution is 7.17. The molecule has 0 radical (unpaired) electrons. The van der Waals surface area contributed by atoms with Crippen molar-refractivity contribution in [2.45, 2.75) is 26.3 Å². The van der Waals surface area contributed by atoms with Crippen LogP contribution >= 0.6 is 11.3 Å². The highest BCUT2D eigenvalue weighted by Crippen LogP contribution is 2.27. The Morgan fingerprint density at radius 1 is 1.38 bits per heavy atom. The summed E-state index contributed by atoms with van der Waals surface area (Å²) < 4.78 is 10.8. The Bertz CT molecular complexity index is 756. The summed E-state index contributed by atoms with van der Waals surface area (Å²) in [5.74, 6) is 0.777. The fourth-order valence-corrected chi connectivity index (χ4v) is 4.05. The zero-order chi connectivity index (χ0) is 18.5. The molecule has 7 heteroatoms. The lowest BCUT2D eigenvalue weighted by Crippen LogP contribution is -2.36. The van der Waals surface area contributed by atoms with Crippen LogP contribution in [0.15, 0.2) is 24.3 Å². The molecule has 1 fully saturated rings. The molecule has 3 rings (SSSR count). The summed E-state index contributed by atoms with van der Waals surface area (Å²) in [5.41, 5.74) is 1.86. The van der Waals surface area contributed by atoms with E-state index in [4.69, 9.17) is 9.47 Å². The molecule has 0 spiro atoms. The zero-order valence-corrected chi connectivity index (χ0v) is 16.3. The molecule has 140 valence electrons. The van der Waals surface area contributed by atoms with E-state index in [-0.39, 0.29) is 11.9 Å². The molecular formula is C19H25N3O3S. The third kappa shape index (κ3) is 4.34. The molecule has 1 aliphatic rings. The molecule has 1 aromatic heterocycles. The van der Waals surface area contributed by atoms with Crippen LogP contribution in [0.1, 0.15) is 27.9 Å². The smallest absolute Gasteiger partial charge is 0.263 e. The first-order valence-electron chi connectivity index (χ1n) is 8.81. The molecule has 0 bridgehead atoms. The summed E-state index contributed by atoms with van der Waals surface area (Å²) in [5, 5.41) is 3.98. The van der Waals surface area contributed by atoms with Gasteiger partial charge in [0.15, 0.2) is 5.13 Å². The van der Waals surface area contributed by atoms with E-state index in [1.165, 1.54) is 11.3 Å². The summed E-state index contributed by atoms with van der Waals surface area (Å²) in [6.07, 6.45) is 0.712. The number of anilines is 1. The number of amides is 1. The van der Waals surface area contributed by atoms with E-state index in [9.17, 15) is 4.79 Å². The predicted molar refractivity (Wildman–Crippen MR) is 104 cm³/mol. The molecule has 26 heavy (non-hydrogen) atoms. The maximum atomic E-state index is 12.7. The number of aryl methyl sites for hydroxylation is 1. The van der Waals surface area contributed by atoms with Gasteiger partial charge in [-0.25, -0.2) is 4.98 Å². The second kappa shape index (κ2) is 8.51. The van der Waals surface area contributed by atoms with Crippen LogP contribution in [0, 0.1) is 6.92 Å². The molecule has 0 unspecified atom stereocenters. The van der Waals surface area contributed by atoms with E-state index in [0.29, 0.717) is 24.5 Å². The van der Waals surface area contributed by atoms with Crippen molar-refractivity contribution < 1.29 is 14.3 Å². The largest absolute Gasteiger partial charge is 0.496 e. The summed E-state index contributed by atoms with van der Waals surface area (Å²) in [6, 6.07) is 7.88. The van der Waals surface area contributed by atoms with Crippen LogP contribution in [-0.2, 0) is 11.2 Å². The van der Waals surface area contributed by atoms with Gasteiger partial charge in [-0.1, -0.05) is 29.5 Å². The Morgan fingerprint density at radius 3 is 2.85 bits per heavy atom. The first-order chi connectivity index (χ1) is 12.6. The standard InChI is InChI=1S/C19H25N3O3S/c1-13(12-15-6-4-5-7-16(15)24-3)20-18(23)17-14(2)21-19(26-17)22-8-10-25-11-9-22/h4-7,13H,8-12H2,1-3H3,(H,20,23)/t13-/m0/s1. The number of methoxy groups -OCH3 is 1. The van der Waals surface area contributed by atoms with Crippen molar-refractivity contribution in [1.82, 2.24) is 10.3 Å². The summed E-state index contributed by atoms with van der Waals surface area (Å²) in [6.45, 7) is 6.94. The molecule has 1 aromatic carbocycles. The zero-order valence-electron chi connectivity index (χ0n) is 15.4. The lowest BCUT2D eigenvalue weighted by atomic mass is 10.1. The van der Waals surface area contributed by atoms with Crippen LogP contribution in [0.2, 0.25) is 0 Å². The molecule has 1 amide bonds. The molecule has 0 saturated carbocycles. The van der Waals surface area contributed by atoms with E-state index >= 15 is 0 Å². The second-order valence-corrected chi connectivity index (χ2v) is 7.38. The van der Waals surface area contributed by atoms with Gasteiger partial charge in [0, 0.05) is 19.1 Å². The van der Waals surface area contributed by atoms with Crippen LogP contribution in [0.5, 0.6) is 5.75 Å². The molecule has 1 atom stereocenters. The number of thiazole rings is 1. The highest BCUT2D eigenvalue weighted by Gasteiger charge is 2.21. The van der Waals surface area contributed by atoms with Gasteiger partial charge in [-0.15, -0.1) is 0 Å². The van der Waals surface area contributed by atoms with Crippen molar-refractivity contribution >= 4 is 22.4 Å². The SMILES string of the molecule is COc1ccccc1C[C@H](C)NC(=O)c1sc(N2CCOCC2)nc1C. The number of nitrogens with one attached hydrogen (secondary N) is 1. The van der Waals surface area contributed by atoms with E-state index in [0.717, 1.165) is 35.2 Å². The lowest BCUT2D eigenvalue weighted by molar-refractivity contribution is 0.0943. The Balaban J connectivity index is 1.65. The van der Waals surface area contributed by atoms with Crippen molar-refractivity contribution in [3.8, 4) is 5.75 Å². The third-order valence-electron chi connectivity index (χ3n) is 4.37. The average Bonchev–Trinajstić information content (AvgIpc) is 3.05. The van der Waals surface area contributed by atoms with E-state index in [2.05, 4.69) is 15.2 Å². The molecule has 2 aromatic rings. The first kappa shape index (κ1) is 18.7. The number of ether oxygens (including phenoxy) is 2. The molecule has 2 heterocycles. The summed E-state index contributed by atoms with van der Waals surface area (Å²) >= 11 is 1.45. The van der Waals surface area contributed by atoms with Gasteiger partial charge in [0.1, 0.15) is 10.6 Å². The van der Waals surface area contributed by atoms with Crippen LogP contribution in [-0.4, -0.2) is 50.3 Å². The Kier molecular flexibility index (Phi) is 6.11. The van der Waals surface area contributed by atoms with Gasteiger partial charge in [-0.3, -0.25) is 4.79 Å². The van der Waals surface area contributed by atoms with Crippen LogP contribution in [0.25, 0.3) is 0 Å². The second-order valence-electron chi connectivity index (χ2n) is 6.40. The number of para-hydroxylation sites is 1. The van der Waals surface area contributed by atoms with E-state index in [1.807, 2.05) is 38.1 Å². The molecule has 1 N–H and O–H groups in total. The number of carbonyl (C=O) groups is 1. The van der Waals surface area contributed by atoms with E-state index in [1.54, 1.807) is 7.11 Å². The Labute approximate surface area is 158 Å². The minimum absolute atomic E-state index is 0.00728. The number of hydrogen-bond acceptors (Lipinski definition) is 6. The minimum Gasteiger partial charge on any atom is -0.496 e. The van der Waals surface area contributed by atoms with Crippen molar-refractivity contribution in [2.75, 3.05) is 38.3 Å².